The van der Waals surface area contributed by atoms with Crippen molar-refractivity contribution in [2.24, 2.45) is 0 Å². The summed E-state index contributed by atoms with van der Waals surface area (Å²) in [4.78, 5) is 25.4. The summed E-state index contributed by atoms with van der Waals surface area (Å²) < 4.78 is 0. The molecule has 1 aromatic carbocycles. The van der Waals surface area contributed by atoms with Gasteiger partial charge in [0.2, 0.25) is 5.91 Å². The molecular weight excluding hydrogens is 278 g/mol. The van der Waals surface area contributed by atoms with E-state index in [1.54, 1.807) is 23.1 Å². The summed E-state index contributed by atoms with van der Waals surface area (Å²) in [5.41, 5.74) is 1.00. The van der Waals surface area contributed by atoms with Gasteiger partial charge in [-0.3, -0.25) is 9.59 Å². The molecule has 2 amide bonds. The van der Waals surface area contributed by atoms with Crippen molar-refractivity contribution < 1.29 is 9.59 Å². The molecular formula is C14H18ClN3O2. The zero-order valence-corrected chi connectivity index (χ0v) is 12.3. The summed E-state index contributed by atoms with van der Waals surface area (Å²) in [5, 5.41) is 6.34. The first-order valence-electron chi connectivity index (χ1n) is 6.57. The molecule has 0 unspecified atom stereocenters. The first-order chi connectivity index (χ1) is 9.47. The van der Waals surface area contributed by atoms with E-state index < -0.39 is 0 Å². The smallest absolute Gasteiger partial charge is 0.255 e. The molecule has 108 valence electrons. The summed E-state index contributed by atoms with van der Waals surface area (Å²) in [7, 11) is 0. The summed E-state index contributed by atoms with van der Waals surface area (Å²) in [6.45, 7) is 5.54. The highest BCUT2D eigenvalue weighted by atomic mass is 35.5. The molecule has 0 aliphatic carbocycles. The number of anilines is 1. The van der Waals surface area contributed by atoms with Crippen LogP contribution in [0.25, 0.3) is 0 Å². The Morgan fingerprint density at radius 2 is 2.20 bits per heavy atom. The molecule has 0 radical (unpaired) electrons. The van der Waals surface area contributed by atoms with Crippen molar-refractivity contribution in [3.8, 4) is 0 Å². The fourth-order valence-corrected chi connectivity index (χ4v) is 2.46. The second-order valence-corrected chi connectivity index (χ2v) is 5.39. The van der Waals surface area contributed by atoms with Crippen molar-refractivity contribution in [2.75, 3.05) is 25.0 Å². The SMILES string of the molecule is CC(=O)Nc1ccc(Cl)c(C(=O)N2CCN[C@H](C)C2)c1. The van der Waals surface area contributed by atoms with Gasteiger partial charge in [-0.05, 0) is 25.1 Å². The molecule has 0 aromatic heterocycles. The molecule has 6 heteroatoms. The number of benzene rings is 1. The number of carbonyl (C=O) groups is 2. The second kappa shape index (κ2) is 6.24. The highest BCUT2D eigenvalue weighted by Crippen LogP contribution is 2.22. The minimum atomic E-state index is -0.179. The van der Waals surface area contributed by atoms with E-state index in [0.717, 1.165) is 6.54 Å². The van der Waals surface area contributed by atoms with Crippen molar-refractivity contribution in [2.45, 2.75) is 19.9 Å². The van der Waals surface area contributed by atoms with Crippen LogP contribution in [-0.4, -0.2) is 42.4 Å². The van der Waals surface area contributed by atoms with Crippen LogP contribution in [0.3, 0.4) is 0 Å². The van der Waals surface area contributed by atoms with Crippen molar-refractivity contribution in [3.05, 3.63) is 28.8 Å². The Balaban J connectivity index is 2.21. The average Bonchev–Trinajstić information content (AvgIpc) is 2.39. The van der Waals surface area contributed by atoms with E-state index in [-0.39, 0.29) is 17.9 Å². The minimum absolute atomic E-state index is 0.101. The molecule has 2 rings (SSSR count). The zero-order chi connectivity index (χ0) is 14.7. The molecule has 5 nitrogen and oxygen atoms in total. The lowest BCUT2D eigenvalue weighted by atomic mass is 10.1. The topological polar surface area (TPSA) is 61.4 Å². The standard InChI is InChI=1S/C14H18ClN3O2/c1-9-8-18(6-5-16-9)14(20)12-7-11(17-10(2)19)3-4-13(12)15/h3-4,7,9,16H,5-6,8H2,1-2H3,(H,17,19)/t9-/m1/s1. The van der Waals surface area contributed by atoms with Gasteiger partial charge in [0.25, 0.3) is 5.91 Å². The van der Waals surface area contributed by atoms with E-state index in [1.165, 1.54) is 6.92 Å². The van der Waals surface area contributed by atoms with Crippen LogP contribution in [0.2, 0.25) is 5.02 Å². The Hall–Kier alpha value is -1.59. The number of nitrogens with one attached hydrogen (secondary N) is 2. The lowest BCUT2D eigenvalue weighted by molar-refractivity contribution is -0.114. The predicted octanol–water partition coefficient (Wildman–Crippen LogP) is 1.73. The molecule has 1 aromatic rings. The molecule has 2 N–H and O–H groups in total. The number of carbonyl (C=O) groups excluding carboxylic acids is 2. The van der Waals surface area contributed by atoms with E-state index in [4.69, 9.17) is 11.6 Å². The quantitative estimate of drug-likeness (QED) is 0.873. The maximum atomic E-state index is 12.5. The number of rotatable bonds is 2. The first-order valence-corrected chi connectivity index (χ1v) is 6.95. The van der Waals surface area contributed by atoms with Gasteiger partial charge in [-0.15, -0.1) is 0 Å². The number of amides is 2. The summed E-state index contributed by atoms with van der Waals surface area (Å²) in [6, 6.07) is 5.20. The van der Waals surface area contributed by atoms with E-state index in [0.29, 0.717) is 29.4 Å². The van der Waals surface area contributed by atoms with Crippen LogP contribution < -0.4 is 10.6 Å². The van der Waals surface area contributed by atoms with Gasteiger partial charge in [0, 0.05) is 38.3 Å². The number of nitrogens with zero attached hydrogens (tertiary/aromatic N) is 1. The van der Waals surface area contributed by atoms with Crippen LogP contribution in [0.5, 0.6) is 0 Å². The lowest BCUT2D eigenvalue weighted by Crippen LogP contribution is -2.51. The molecule has 0 saturated carbocycles. The van der Waals surface area contributed by atoms with Crippen LogP contribution in [0.1, 0.15) is 24.2 Å². The first kappa shape index (κ1) is 14.8. The molecule has 1 fully saturated rings. The Bertz CT molecular complexity index is 533. The Labute approximate surface area is 123 Å². The van der Waals surface area contributed by atoms with Crippen LogP contribution in [0.15, 0.2) is 18.2 Å². The maximum Gasteiger partial charge on any atom is 0.255 e. The second-order valence-electron chi connectivity index (χ2n) is 4.98. The van der Waals surface area contributed by atoms with Crippen molar-refractivity contribution in [1.82, 2.24) is 10.2 Å². The third kappa shape index (κ3) is 3.49. The van der Waals surface area contributed by atoms with Crippen LogP contribution >= 0.6 is 11.6 Å². The van der Waals surface area contributed by atoms with Gasteiger partial charge in [-0.1, -0.05) is 11.6 Å². The third-order valence-electron chi connectivity index (χ3n) is 3.17. The predicted molar refractivity (Wildman–Crippen MR) is 79.1 cm³/mol. The zero-order valence-electron chi connectivity index (χ0n) is 11.6. The van der Waals surface area contributed by atoms with Gasteiger partial charge in [0.1, 0.15) is 0 Å². The Morgan fingerprint density at radius 1 is 1.45 bits per heavy atom. The summed E-state index contributed by atoms with van der Waals surface area (Å²) >= 11 is 6.11. The van der Waals surface area contributed by atoms with Gasteiger partial charge >= 0.3 is 0 Å². The van der Waals surface area contributed by atoms with Crippen LogP contribution in [0, 0.1) is 0 Å². The average molecular weight is 296 g/mol. The normalized spacial score (nSPS) is 18.8. The van der Waals surface area contributed by atoms with Gasteiger partial charge in [0.15, 0.2) is 0 Å². The number of halogens is 1. The highest BCUT2D eigenvalue weighted by molar-refractivity contribution is 6.34. The van der Waals surface area contributed by atoms with Gasteiger partial charge in [-0.25, -0.2) is 0 Å². The van der Waals surface area contributed by atoms with E-state index in [9.17, 15) is 9.59 Å². The highest BCUT2D eigenvalue weighted by Gasteiger charge is 2.23. The molecule has 1 aliphatic heterocycles. The fraction of sp³-hybridized carbons (Fsp3) is 0.429. The monoisotopic (exact) mass is 295 g/mol. The van der Waals surface area contributed by atoms with Crippen molar-refractivity contribution >= 4 is 29.1 Å². The Kier molecular flexibility index (Phi) is 4.62. The molecule has 1 aliphatic rings. The van der Waals surface area contributed by atoms with Gasteiger partial charge in [0.05, 0.1) is 10.6 Å². The largest absolute Gasteiger partial charge is 0.336 e. The number of hydrogen-bond acceptors (Lipinski definition) is 3. The number of hydrogen-bond donors (Lipinski definition) is 2. The Morgan fingerprint density at radius 3 is 2.85 bits per heavy atom. The fourth-order valence-electron chi connectivity index (χ4n) is 2.26. The molecule has 20 heavy (non-hydrogen) atoms. The molecule has 1 saturated heterocycles. The minimum Gasteiger partial charge on any atom is -0.336 e. The summed E-state index contributed by atoms with van der Waals surface area (Å²) in [5.74, 6) is -0.280. The summed E-state index contributed by atoms with van der Waals surface area (Å²) in [6.07, 6.45) is 0. The molecule has 1 atom stereocenters. The van der Waals surface area contributed by atoms with E-state index in [1.807, 2.05) is 6.92 Å². The molecule has 0 spiro atoms. The van der Waals surface area contributed by atoms with E-state index in [2.05, 4.69) is 10.6 Å². The van der Waals surface area contributed by atoms with Crippen molar-refractivity contribution in [3.63, 3.8) is 0 Å². The number of piperazine rings is 1. The van der Waals surface area contributed by atoms with Crippen LogP contribution in [0.4, 0.5) is 5.69 Å². The maximum absolute atomic E-state index is 12.5. The molecule has 1 heterocycles. The third-order valence-corrected chi connectivity index (χ3v) is 3.50. The molecule has 0 bridgehead atoms. The van der Waals surface area contributed by atoms with Crippen LogP contribution in [-0.2, 0) is 4.79 Å². The van der Waals surface area contributed by atoms with E-state index >= 15 is 0 Å². The van der Waals surface area contributed by atoms with Gasteiger partial charge in [-0.2, -0.15) is 0 Å². The lowest BCUT2D eigenvalue weighted by Gasteiger charge is -2.32. The van der Waals surface area contributed by atoms with Crippen molar-refractivity contribution in [1.29, 1.82) is 0 Å². The van der Waals surface area contributed by atoms with Gasteiger partial charge < -0.3 is 15.5 Å².